The van der Waals surface area contributed by atoms with Gasteiger partial charge in [-0.25, -0.2) is 0 Å². The molecule has 102 valence electrons. The van der Waals surface area contributed by atoms with Gasteiger partial charge in [0.1, 0.15) is 19.7 Å². The largest absolute Gasteiger partial charge is 0.573 e. The SMILES string of the molecule is [B]c1ccc(C(O)c2ccc(OC(F)(F)F)cc2)nc1. The van der Waals surface area contributed by atoms with Crippen LogP contribution < -0.4 is 10.2 Å². The van der Waals surface area contributed by atoms with Crippen molar-refractivity contribution in [3.05, 3.63) is 53.9 Å². The predicted octanol–water partition coefficient (Wildman–Crippen LogP) is 1.86. The highest BCUT2D eigenvalue weighted by Gasteiger charge is 2.31. The number of aliphatic hydroxyl groups is 1. The summed E-state index contributed by atoms with van der Waals surface area (Å²) in [4.78, 5) is 3.95. The van der Waals surface area contributed by atoms with E-state index in [1.165, 1.54) is 18.3 Å². The molecule has 0 spiro atoms. The van der Waals surface area contributed by atoms with Gasteiger partial charge in [-0.05, 0) is 23.8 Å². The van der Waals surface area contributed by atoms with Gasteiger partial charge in [0.25, 0.3) is 0 Å². The number of ether oxygens (including phenoxy) is 1. The standard InChI is InChI=1S/C13H9BF3NO2/c14-9-3-6-11(18-7-9)12(19)8-1-4-10(5-2-8)20-13(15,16)17/h1-7,12,19H. The Balaban J connectivity index is 2.15. The van der Waals surface area contributed by atoms with Gasteiger partial charge in [0.05, 0.1) is 5.69 Å². The monoisotopic (exact) mass is 279 g/mol. The molecule has 0 aliphatic heterocycles. The predicted molar refractivity (Wildman–Crippen MR) is 66.8 cm³/mol. The maximum Gasteiger partial charge on any atom is 0.573 e. The van der Waals surface area contributed by atoms with Crippen LogP contribution in [0.25, 0.3) is 0 Å². The van der Waals surface area contributed by atoms with Crippen LogP contribution in [0.3, 0.4) is 0 Å². The fraction of sp³-hybridized carbons (Fsp3) is 0.154. The Hall–Kier alpha value is -2.02. The summed E-state index contributed by atoms with van der Waals surface area (Å²) in [5.41, 5.74) is 1.20. The lowest BCUT2D eigenvalue weighted by atomic mass is 9.97. The van der Waals surface area contributed by atoms with E-state index in [0.29, 0.717) is 16.7 Å². The van der Waals surface area contributed by atoms with Crippen LogP contribution in [0, 0.1) is 0 Å². The van der Waals surface area contributed by atoms with Crippen LogP contribution in [0.1, 0.15) is 17.4 Å². The molecular weight excluding hydrogens is 270 g/mol. The number of aromatic nitrogens is 1. The van der Waals surface area contributed by atoms with Crippen molar-refractivity contribution in [3.63, 3.8) is 0 Å². The molecule has 1 aromatic heterocycles. The van der Waals surface area contributed by atoms with E-state index in [-0.39, 0.29) is 5.75 Å². The van der Waals surface area contributed by atoms with Gasteiger partial charge in [-0.15, -0.1) is 13.2 Å². The van der Waals surface area contributed by atoms with Gasteiger partial charge in [-0.2, -0.15) is 0 Å². The lowest BCUT2D eigenvalue weighted by Crippen LogP contribution is -2.17. The summed E-state index contributed by atoms with van der Waals surface area (Å²) < 4.78 is 39.8. The first-order valence-electron chi connectivity index (χ1n) is 5.60. The number of nitrogens with zero attached hydrogens (tertiary/aromatic N) is 1. The first kappa shape index (κ1) is 14.4. The number of rotatable bonds is 3. The Kier molecular flexibility index (Phi) is 3.99. The number of halogens is 3. The highest BCUT2D eigenvalue weighted by atomic mass is 19.4. The van der Waals surface area contributed by atoms with Crippen molar-refractivity contribution in [3.8, 4) is 5.75 Å². The second kappa shape index (κ2) is 5.54. The summed E-state index contributed by atoms with van der Waals surface area (Å²) in [7, 11) is 5.48. The van der Waals surface area contributed by atoms with E-state index in [1.54, 1.807) is 12.1 Å². The molecule has 0 saturated heterocycles. The molecular formula is C13H9BF3NO2. The molecule has 7 heteroatoms. The quantitative estimate of drug-likeness (QED) is 0.872. The second-order valence-corrected chi connectivity index (χ2v) is 4.04. The van der Waals surface area contributed by atoms with Crippen molar-refractivity contribution in [2.75, 3.05) is 0 Å². The fourth-order valence-electron chi connectivity index (χ4n) is 1.60. The van der Waals surface area contributed by atoms with Gasteiger partial charge in [0, 0.05) is 6.20 Å². The van der Waals surface area contributed by atoms with Crippen molar-refractivity contribution in [2.24, 2.45) is 0 Å². The minimum atomic E-state index is -4.74. The smallest absolute Gasteiger partial charge is 0.406 e. The lowest BCUT2D eigenvalue weighted by molar-refractivity contribution is -0.274. The topological polar surface area (TPSA) is 42.4 Å². The zero-order valence-electron chi connectivity index (χ0n) is 10.1. The Morgan fingerprint density at radius 1 is 1.10 bits per heavy atom. The summed E-state index contributed by atoms with van der Waals surface area (Å²) >= 11 is 0. The molecule has 3 nitrogen and oxygen atoms in total. The molecule has 2 aromatic rings. The van der Waals surface area contributed by atoms with Crippen LogP contribution in [-0.4, -0.2) is 24.3 Å². The molecule has 2 rings (SSSR count). The minimum absolute atomic E-state index is 0.348. The third-order valence-corrected chi connectivity index (χ3v) is 2.52. The van der Waals surface area contributed by atoms with Crippen molar-refractivity contribution in [1.29, 1.82) is 0 Å². The van der Waals surface area contributed by atoms with Gasteiger partial charge in [-0.1, -0.05) is 23.7 Å². The molecule has 1 atom stereocenters. The van der Waals surface area contributed by atoms with Crippen LogP contribution in [0.4, 0.5) is 13.2 Å². The molecule has 1 aromatic carbocycles. The Bertz CT molecular complexity index is 570. The number of alkyl halides is 3. The molecule has 1 N–H and O–H groups in total. The van der Waals surface area contributed by atoms with Crippen LogP contribution in [0.2, 0.25) is 0 Å². The first-order valence-corrected chi connectivity index (χ1v) is 5.60. The molecule has 2 radical (unpaired) electrons. The summed E-state index contributed by atoms with van der Waals surface area (Å²) in [6.45, 7) is 0. The molecule has 0 fully saturated rings. The van der Waals surface area contributed by atoms with E-state index in [1.807, 2.05) is 0 Å². The number of pyridine rings is 1. The molecule has 0 bridgehead atoms. The molecule has 20 heavy (non-hydrogen) atoms. The minimum Gasteiger partial charge on any atom is -0.406 e. The number of aliphatic hydroxyl groups excluding tert-OH is 1. The van der Waals surface area contributed by atoms with E-state index in [4.69, 9.17) is 7.85 Å². The van der Waals surface area contributed by atoms with E-state index in [9.17, 15) is 18.3 Å². The third-order valence-electron chi connectivity index (χ3n) is 2.52. The van der Waals surface area contributed by atoms with Crippen molar-refractivity contribution < 1.29 is 23.0 Å². The average molecular weight is 279 g/mol. The Morgan fingerprint density at radius 3 is 2.25 bits per heavy atom. The van der Waals surface area contributed by atoms with Crippen molar-refractivity contribution in [2.45, 2.75) is 12.5 Å². The van der Waals surface area contributed by atoms with Crippen LogP contribution in [-0.2, 0) is 0 Å². The zero-order chi connectivity index (χ0) is 14.8. The van der Waals surface area contributed by atoms with Gasteiger partial charge in [0.2, 0.25) is 0 Å². The third kappa shape index (κ3) is 3.74. The van der Waals surface area contributed by atoms with Gasteiger partial charge in [0.15, 0.2) is 0 Å². The lowest BCUT2D eigenvalue weighted by Gasteiger charge is -2.12. The second-order valence-electron chi connectivity index (χ2n) is 4.04. The number of hydrogen-bond donors (Lipinski definition) is 1. The Labute approximate surface area is 114 Å². The molecule has 0 aliphatic carbocycles. The van der Waals surface area contributed by atoms with Gasteiger partial charge >= 0.3 is 6.36 Å². The fourth-order valence-corrected chi connectivity index (χ4v) is 1.60. The highest BCUT2D eigenvalue weighted by molar-refractivity contribution is 6.32. The molecule has 1 unspecified atom stereocenters. The van der Waals surface area contributed by atoms with Gasteiger partial charge in [-0.3, -0.25) is 4.98 Å². The van der Waals surface area contributed by atoms with E-state index in [0.717, 1.165) is 12.1 Å². The van der Waals surface area contributed by atoms with E-state index >= 15 is 0 Å². The van der Waals surface area contributed by atoms with Crippen LogP contribution >= 0.6 is 0 Å². The molecule has 0 aliphatic rings. The van der Waals surface area contributed by atoms with Gasteiger partial charge < -0.3 is 9.84 Å². The van der Waals surface area contributed by atoms with E-state index in [2.05, 4.69) is 9.72 Å². The van der Waals surface area contributed by atoms with E-state index < -0.39 is 12.5 Å². The summed E-state index contributed by atoms with van der Waals surface area (Å²) in [6, 6.07) is 8.05. The maximum atomic E-state index is 12.0. The molecule has 1 heterocycles. The summed E-state index contributed by atoms with van der Waals surface area (Å²) in [5.74, 6) is -0.348. The number of hydrogen-bond acceptors (Lipinski definition) is 3. The highest BCUT2D eigenvalue weighted by Crippen LogP contribution is 2.26. The summed E-state index contributed by atoms with van der Waals surface area (Å²) in [5, 5.41) is 10.0. The molecule has 0 amide bonds. The van der Waals surface area contributed by atoms with Crippen molar-refractivity contribution >= 4 is 13.3 Å². The molecule has 0 saturated carbocycles. The van der Waals surface area contributed by atoms with Crippen molar-refractivity contribution in [1.82, 2.24) is 4.98 Å². The Morgan fingerprint density at radius 2 is 1.75 bits per heavy atom. The normalized spacial score (nSPS) is 13.0. The number of benzene rings is 1. The average Bonchev–Trinajstić information content (AvgIpc) is 2.38. The summed E-state index contributed by atoms with van der Waals surface area (Å²) in [6.07, 6.45) is -4.39. The van der Waals surface area contributed by atoms with Crippen LogP contribution in [0.15, 0.2) is 42.6 Å². The van der Waals surface area contributed by atoms with Crippen LogP contribution in [0.5, 0.6) is 5.75 Å². The maximum absolute atomic E-state index is 12.0. The first-order chi connectivity index (χ1) is 9.35. The zero-order valence-corrected chi connectivity index (χ0v) is 10.1.